The second kappa shape index (κ2) is 4.24. The van der Waals surface area contributed by atoms with E-state index in [1.807, 2.05) is 0 Å². The van der Waals surface area contributed by atoms with Crippen LogP contribution in [0.15, 0.2) is 0 Å². The molecule has 0 aromatic rings. The number of rotatable bonds is 3. The third-order valence-electron chi connectivity index (χ3n) is 2.54. The van der Waals surface area contributed by atoms with Gasteiger partial charge < -0.3 is 9.84 Å². The van der Waals surface area contributed by atoms with Crippen LogP contribution in [0.4, 0.5) is 0 Å². The summed E-state index contributed by atoms with van der Waals surface area (Å²) in [5.41, 5.74) is 0. The molecule has 1 fully saturated rings. The van der Waals surface area contributed by atoms with Gasteiger partial charge in [-0.15, -0.1) is 0 Å². The summed E-state index contributed by atoms with van der Waals surface area (Å²) in [5, 5.41) is 9.76. The molecule has 0 amide bonds. The van der Waals surface area contributed by atoms with Crippen LogP contribution in [-0.4, -0.2) is 23.9 Å². The zero-order chi connectivity index (χ0) is 9.14. The number of hydrogen-bond donors (Lipinski definition) is 1. The van der Waals surface area contributed by atoms with Crippen LogP contribution in [0, 0.1) is 11.8 Å². The zero-order valence-corrected chi connectivity index (χ0v) is 8.29. The minimum Gasteiger partial charge on any atom is -0.390 e. The third kappa shape index (κ3) is 2.46. The molecule has 0 aliphatic carbocycles. The van der Waals surface area contributed by atoms with E-state index in [0.29, 0.717) is 11.8 Å². The third-order valence-corrected chi connectivity index (χ3v) is 2.54. The van der Waals surface area contributed by atoms with Crippen LogP contribution in [0.1, 0.15) is 33.6 Å². The summed E-state index contributed by atoms with van der Waals surface area (Å²) in [4.78, 5) is 0. The van der Waals surface area contributed by atoms with Crippen molar-refractivity contribution < 1.29 is 9.84 Å². The first-order valence-electron chi connectivity index (χ1n) is 4.91. The van der Waals surface area contributed by atoms with Crippen molar-refractivity contribution in [2.75, 3.05) is 6.61 Å². The van der Waals surface area contributed by atoms with Crippen LogP contribution >= 0.6 is 0 Å². The van der Waals surface area contributed by atoms with Crippen molar-refractivity contribution in [3.05, 3.63) is 0 Å². The maximum absolute atomic E-state index is 9.76. The molecule has 3 atom stereocenters. The SMILES string of the molecule is CC(C)C[C@@H](O)[C@H]1OCC[C@H]1C. The summed E-state index contributed by atoms with van der Waals surface area (Å²) in [6.45, 7) is 7.23. The standard InChI is InChI=1S/C10H20O2/c1-7(2)6-9(11)10-8(3)4-5-12-10/h7-11H,4-6H2,1-3H3/t8-,9-,10+/m1/s1. The quantitative estimate of drug-likeness (QED) is 0.703. The Balaban J connectivity index is 2.35. The monoisotopic (exact) mass is 172 g/mol. The molecule has 2 heteroatoms. The minimum absolute atomic E-state index is 0.0902. The van der Waals surface area contributed by atoms with Crippen LogP contribution in [0.25, 0.3) is 0 Å². The normalized spacial score (nSPS) is 32.8. The van der Waals surface area contributed by atoms with Crippen LogP contribution in [0.3, 0.4) is 0 Å². The molecule has 0 unspecified atom stereocenters. The Morgan fingerprint density at radius 1 is 1.50 bits per heavy atom. The van der Waals surface area contributed by atoms with Gasteiger partial charge in [-0.05, 0) is 24.7 Å². The highest BCUT2D eigenvalue weighted by molar-refractivity contribution is 4.79. The molecule has 0 radical (unpaired) electrons. The summed E-state index contributed by atoms with van der Waals surface area (Å²) >= 11 is 0. The summed E-state index contributed by atoms with van der Waals surface area (Å²) in [7, 11) is 0. The van der Waals surface area contributed by atoms with Crippen molar-refractivity contribution in [2.24, 2.45) is 11.8 Å². The van der Waals surface area contributed by atoms with Gasteiger partial charge in [0.15, 0.2) is 0 Å². The van der Waals surface area contributed by atoms with Crippen LogP contribution in [-0.2, 0) is 4.74 Å². The first kappa shape index (κ1) is 10.0. The lowest BCUT2D eigenvalue weighted by Gasteiger charge is -2.22. The van der Waals surface area contributed by atoms with Gasteiger partial charge in [-0.2, -0.15) is 0 Å². The largest absolute Gasteiger partial charge is 0.390 e. The van der Waals surface area contributed by atoms with E-state index in [4.69, 9.17) is 4.74 Å². The summed E-state index contributed by atoms with van der Waals surface area (Å²) in [6.07, 6.45) is 1.78. The maximum atomic E-state index is 9.76. The molecule has 1 N–H and O–H groups in total. The molecule has 0 bridgehead atoms. The number of hydrogen-bond acceptors (Lipinski definition) is 2. The Morgan fingerprint density at radius 2 is 2.17 bits per heavy atom. The van der Waals surface area contributed by atoms with E-state index < -0.39 is 0 Å². The first-order valence-corrected chi connectivity index (χ1v) is 4.91. The Bertz CT molecular complexity index is 134. The van der Waals surface area contributed by atoms with Gasteiger partial charge in [0.05, 0.1) is 12.2 Å². The van der Waals surface area contributed by atoms with E-state index in [9.17, 15) is 5.11 Å². The fraction of sp³-hybridized carbons (Fsp3) is 1.00. The van der Waals surface area contributed by atoms with Crippen molar-refractivity contribution in [1.82, 2.24) is 0 Å². The Morgan fingerprint density at radius 3 is 2.58 bits per heavy atom. The van der Waals surface area contributed by atoms with Crippen molar-refractivity contribution in [1.29, 1.82) is 0 Å². The van der Waals surface area contributed by atoms with E-state index in [-0.39, 0.29) is 12.2 Å². The molecule has 1 heterocycles. The maximum Gasteiger partial charge on any atom is 0.0860 e. The van der Waals surface area contributed by atoms with E-state index in [0.717, 1.165) is 19.4 Å². The second-order valence-electron chi connectivity index (χ2n) is 4.30. The number of aliphatic hydroxyl groups is 1. The van der Waals surface area contributed by atoms with Crippen molar-refractivity contribution in [3.63, 3.8) is 0 Å². The second-order valence-corrected chi connectivity index (χ2v) is 4.30. The van der Waals surface area contributed by atoms with E-state index in [1.165, 1.54) is 0 Å². The van der Waals surface area contributed by atoms with Gasteiger partial charge in [0.1, 0.15) is 0 Å². The van der Waals surface area contributed by atoms with Crippen LogP contribution < -0.4 is 0 Å². The lowest BCUT2D eigenvalue weighted by molar-refractivity contribution is -0.0252. The predicted octanol–water partition coefficient (Wildman–Crippen LogP) is 1.82. The highest BCUT2D eigenvalue weighted by Crippen LogP contribution is 2.25. The summed E-state index contributed by atoms with van der Waals surface area (Å²) in [5.74, 6) is 1.08. The van der Waals surface area contributed by atoms with Crippen molar-refractivity contribution in [3.8, 4) is 0 Å². The molecule has 12 heavy (non-hydrogen) atoms. The van der Waals surface area contributed by atoms with Gasteiger partial charge in [0.2, 0.25) is 0 Å². The molecular weight excluding hydrogens is 152 g/mol. The molecule has 1 saturated heterocycles. The highest BCUT2D eigenvalue weighted by atomic mass is 16.5. The summed E-state index contributed by atoms with van der Waals surface area (Å²) < 4.78 is 5.48. The molecule has 1 aliphatic heterocycles. The van der Waals surface area contributed by atoms with Gasteiger partial charge in [0, 0.05) is 6.61 Å². The predicted molar refractivity (Wildman–Crippen MR) is 49.0 cm³/mol. The fourth-order valence-electron chi connectivity index (χ4n) is 1.83. The molecule has 1 rings (SSSR count). The summed E-state index contributed by atoms with van der Waals surface area (Å²) in [6, 6.07) is 0. The van der Waals surface area contributed by atoms with Crippen molar-refractivity contribution >= 4 is 0 Å². The number of aliphatic hydroxyl groups excluding tert-OH is 1. The molecule has 2 nitrogen and oxygen atoms in total. The Kier molecular flexibility index (Phi) is 3.53. The average molecular weight is 172 g/mol. The molecule has 1 aliphatic rings. The average Bonchev–Trinajstić information content (AvgIpc) is 2.33. The molecule has 72 valence electrons. The van der Waals surface area contributed by atoms with Gasteiger partial charge in [0.25, 0.3) is 0 Å². The van der Waals surface area contributed by atoms with E-state index >= 15 is 0 Å². The lowest BCUT2D eigenvalue weighted by atomic mass is 9.94. The van der Waals surface area contributed by atoms with Crippen molar-refractivity contribution in [2.45, 2.75) is 45.8 Å². The molecular formula is C10H20O2. The topological polar surface area (TPSA) is 29.5 Å². The van der Waals surface area contributed by atoms with Gasteiger partial charge in [-0.3, -0.25) is 0 Å². The smallest absolute Gasteiger partial charge is 0.0860 e. The molecule has 0 saturated carbocycles. The van der Waals surface area contributed by atoms with Gasteiger partial charge in [-0.1, -0.05) is 20.8 Å². The first-order chi connectivity index (χ1) is 5.61. The van der Waals surface area contributed by atoms with Gasteiger partial charge >= 0.3 is 0 Å². The lowest BCUT2D eigenvalue weighted by Crippen LogP contribution is -2.31. The van der Waals surface area contributed by atoms with Crippen LogP contribution in [0.5, 0.6) is 0 Å². The highest BCUT2D eigenvalue weighted by Gasteiger charge is 2.30. The van der Waals surface area contributed by atoms with E-state index in [1.54, 1.807) is 0 Å². The van der Waals surface area contributed by atoms with Crippen LogP contribution in [0.2, 0.25) is 0 Å². The Hall–Kier alpha value is -0.0800. The zero-order valence-electron chi connectivity index (χ0n) is 8.29. The fourth-order valence-corrected chi connectivity index (χ4v) is 1.83. The van der Waals surface area contributed by atoms with E-state index in [2.05, 4.69) is 20.8 Å². The Labute approximate surface area is 74.9 Å². The molecule has 0 aromatic heterocycles. The minimum atomic E-state index is -0.262. The molecule has 0 spiro atoms. The van der Waals surface area contributed by atoms with Gasteiger partial charge in [-0.25, -0.2) is 0 Å². The molecule has 0 aromatic carbocycles. The number of ether oxygens (including phenoxy) is 1.